The summed E-state index contributed by atoms with van der Waals surface area (Å²) in [6.45, 7) is -0.0278. The highest BCUT2D eigenvalue weighted by atomic mass is 16.5. The van der Waals surface area contributed by atoms with Crippen LogP contribution >= 0.6 is 0 Å². The molecule has 9 heteroatoms. The summed E-state index contributed by atoms with van der Waals surface area (Å²) in [4.78, 5) is 55.6. The van der Waals surface area contributed by atoms with Crippen molar-refractivity contribution >= 4 is 28.6 Å². The van der Waals surface area contributed by atoms with Crippen molar-refractivity contribution in [3.8, 4) is 0 Å². The van der Waals surface area contributed by atoms with Gasteiger partial charge >= 0.3 is 17.1 Å². The van der Waals surface area contributed by atoms with Crippen molar-refractivity contribution < 1.29 is 14.3 Å². The Hall–Kier alpha value is -3.88. The van der Waals surface area contributed by atoms with Gasteiger partial charge in [0.2, 0.25) is 0 Å². The van der Waals surface area contributed by atoms with Gasteiger partial charge in [-0.25, -0.2) is 4.79 Å². The van der Waals surface area contributed by atoms with Crippen LogP contribution in [-0.4, -0.2) is 54.5 Å². The lowest BCUT2D eigenvalue weighted by molar-refractivity contribution is -0.133. The molecule has 0 saturated heterocycles. The number of esters is 1. The van der Waals surface area contributed by atoms with Crippen LogP contribution in [0.2, 0.25) is 0 Å². The molecule has 0 radical (unpaired) electrons. The van der Waals surface area contributed by atoms with Crippen molar-refractivity contribution in [2.24, 2.45) is 0 Å². The number of aromatic nitrogens is 2. The zero-order valence-electron chi connectivity index (χ0n) is 16.9. The summed E-state index contributed by atoms with van der Waals surface area (Å²) in [7, 11) is 5.53. The van der Waals surface area contributed by atoms with Crippen molar-refractivity contribution in [3.05, 3.63) is 74.3 Å². The standard InChI is InChI=1S/C21H22N4O5/c1-24(2)15-7-4-13(5-8-15)11-25(3)18(26)12-30-21(29)14-6-9-16-17(10-14)23-20(28)19(27)22-16/h4-10H,11-12H2,1-3H3,(H,22,27)(H,23,28). The number of hydrogen-bond acceptors (Lipinski definition) is 6. The van der Waals surface area contributed by atoms with E-state index in [1.807, 2.05) is 43.3 Å². The monoisotopic (exact) mass is 410 g/mol. The molecule has 0 saturated carbocycles. The van der Waals surface area contributed by atoms with Crippen LogP contribution in [0.15, 0.2) is 52.1 Å². The van der Waals surface area contributed by atoms with Crippen LogP contribution in [0.5, 0.6) is 0 Å². The normalized spacial score (nSPS) is 10.6. The molecule has 0 aliphatic rings. The molecule has 2 N–H and O–H groups in total. The van der Waals surface area contributed by atoms with Gasteiger partial charge in [0.05, 0.1) is 16.6 Å². The number of rotatable bonds is 6. The van der Waals surface area contributed by atoms with E-state index in [-0.39, 0.29) is 11.5 Å². The summed E-state index contributed by atoms with van der Waals surface area (Å²) >= 11 is 0. The minimum Gasteiger partial charge on any atom is -0.452 e. The Morgan fingerprint density at radius 2 is 1.53 bits per heavy atom. The maximum absolute atomic E-state index is 12.3. The Morgan fingerprint density at radius 3 is 2.17 bits per heavy atom. The molecule has 0 unspecified atom stereocenters. The second-order valence-corrected chi connectivity index (χ2v) is 7.06. The number of carbonyl (C=O) groups excluding carboxylic acids is 2. The number of nitrogens with one attached hydrogen (secondary N) is 2. The van der Waals surface area contributed by atoms with Crippen molar-refractivity contribution in [2.45, 2.75) is 6.54 Å². The van der Waals surface area contributed by atoms with Gasteiger partial charge in [-0.1, -0.05) is 12.1 Å². The fourth-order valence-electron chi connectivity index (χ4n) is 2.82. The number of benzene rings is 2. The molecule has 30 heavy (non-hydrogen) atoms. The number of aromatic amines is 2. The summed E-state index contributed by atoms with van der Waals surface area (Å²) in [5.41, 5.74) is 1.25. The van der Waals surface area contributed by atoms with Gasteiger partial charge in [0, 0.05) is 33.4 Å². The Labute approximate surface area is 171 Å². The Balaban J connectivity index is 1.60. The van der Waals surface area contributed by atoms with E-state index in [4.69, 9.17) is 4.74 Å². The first kappa shape index (κ1) is 20.8. The number of nitrogens with zero attached hydrogens (tertiary/aromatic N) is 2. The number of anilines is 1. The third-order valence-corrected chi connectivity index (χ3v) is 4.58. The molecule has 0 atom stereocenters. The minimum atomic E-state index is -0.816. The van der Waals surface area contributed by atoms with E-state index in [0.717, 1.165) is 11.3 Å². The third kappa shape index (κ3) is 4.75. The molecule has 156 valence electrons. The Bertz CT molecular complexity index is 1190. The number of amides is 1. The predicted octanol–water partition coefficient (Wildman–Crippen LogP) is 1.10. The van der Waals surface area contributed by atoms with E-state index in [9.17, 15) is 19.2 Å². The van der Waals surface area contributed by atoms with E-state index in [0.29, 0.717) is 17.6 Å². The van der Waals surface area contributed by atoms with Gasteiger partial charge in [-0.05, 0) is 35.9 Å². The highest BCUT2D eigenvalue weighted by molar-refractivity contribution is 5.94. The number of likely N-dealkylation sites (N-methyl/N-ethyl adjacent to an activating group) is 1. The maximum Gasteiger partial charge on any atom is 0.338 e. The lowest BCUT2D eigenvalue weighted by atomic mass is 10.2. The largest absolute Gasteiger partial charge is 0.452 e. The molecule has 0 spiro atoms. The van der Waals surface area contributed by atoms with Gasteiger partial charge in [0.15, 0.2) is 6.61 Å². The van der Waals surface area contributed by atoms with Gasteiger partial charge in [0.1, 0.15) is 0 Å². The van der Waals surface area contributed by atoms with Crippen LogP contribution < -0.4 is 16.0 Å². The Morgan fingerprint density at radius 1 is 0.900 bits per heavy atom. The average Bonchev–Trinajstić information content (AvgIpc) is 2.72. The quantitative estimate of drug-likeness (QED) is 0.464. The molecule has 3 aromatic rings. The molecule has 1 amide bonds. The smallest absolute Gasteiger partial charge is 0.338 e. The van der Waals surface area contributed by atoms with Crippen LogP contribution in [0.3, 0.4) is 0 Å². The first-order chi connectivity index (χ1) is 14.2. The SMILES string of the molecule is CN(Cc1ccc(N(C)C)cc1)C(=O)COC(=O)c1ccc2[nH]c(=O)c(=O)[nH]c2c1. The average molecular weight is 410 g/mol. The van der Waals surface area contributed by atoms with E-state index in [2.05, 4.69) is 9.97 Å². The fourth-order valence-corrected chi connectivity index (χ4v) is 2.82. The second-order valence-electron chi connectivity index (χ2n) is 7.06. The first-order valence-electron chi connectivity index (χ1n) is 9.18. The fraction of sp³-hybridized carbons (Fsp3) is 0.238. The van der Waals surface area contributed by atoms with Gasteiger partial charge in [-0.15, -0.1) is 0 Å². The molecule has 2 aromatic carbocycles. The number of hydrogen-bond donors (Lipinski definition) is 2. The number of carbonyl (C=O) groups is 2. The summed E-state index contributed by atoms with van der Waals surface area (Å²) in [6.07, 6.45) is 0. The number of fused-ring (bicyclic) bond motifs is 1. The Kier molecular flexibility index (Phi) is 6.01. The highest BCUT2D eigenvalue weighted by Crippen LogP contribution is 2.14. The first-order valence-corrected chi connectivity index (χ1v) is 9.18. The number of H-pyrrole nitrogens is 2. The van der Waals surface area contributed by atoms with Crippen molar-refractivity contribution in [1.29, 1.82) is 0 Å². The number of ether oxygens (including phenoxy) is 1. The van der Waals surface area contributed by atoms with Crippen LogP contribution in [0, 0.1) is 0 Å². The molecule has 0 aliphatic heterocycles. The lowest BCUT2D eigenvalue weighted by Gasteiger charge is -2.18. The molecular formula is C21H22N4O5. The summed E-state index contributed by atoms with van der Waals surface area (Å²) in [6, 6.07) is 12.1. The molecule has 0 aliphatic carbocycles. The predicted molar refractivity (Wildman–Crippen MR) is 113 cm³/mol. The van der Waals surface area contributed by atoms with Crippen LogP contribution in [0.25, 0.3) is 11.0 Å². The zero-order chi connectivity index (χ0) is 21.8. The highest BCUT2D eigenvalue weighted by Gasteiger charge is 2.15. The van der Waals surface area contributed by atoms with Gasteiger partial charge in [0.25, 0.3) is 5.91 Å². The van der Waals surface area contributed by atoms with Gasteiger partial charge < -0.3 is 24.5 Å². The van der Waals surface area contributed by atoms with Crippen LogP contribution in [-0.2, 0) is 16.1 Å². The summed E-state index contributed by atoms with van der Waals surface area (Å²) in [5.74, 6) is -1.06. The van der Waals surface area contributed by atoms with Crippen LogP contribution in [0.1, 0.15) is 15.9 Å². The van der Waals surface area contributed by atoms with E-state index < -0.39 is 23.7 Å². The summed E-state index contributed by atoms with van der Waals surface area (Å²) in [5, 5.41) is 0. The van der Waals surface area contributed by atoms with E-state index >= 15 is 0 Å². The zero-order valence-corrected chi connectivity index (χ0v) is 16.9. The molecule has 1 aromatic heterocycles. The van der Waals surface area contributed by atoms with Crippen molar-refractivity contribution in [3.63, 3.8) is 0 Å². The van der Waals surface area contributed by atoms with Crippen molar-refractivity contribution in [2.75, 3.05) is 32.6 Å². The molecule has 1 heterocycles. The molecule has 9 nitrogen and oxygen atoms in total. The lowest BCUT2D eigenvalue weighted by Crippen LogP contribution is -2.31. The van der Waals surface area contributed by atoms with Gasteiger partial charge in [-0.2, -0.15) is 0 Å². The third-order valence-electron chi connectivity index (χ3n) is 4.58. The van der Waals surface area contributed by atoms with E-state index in [1.165, 1.54) is 23.1 Å². The molecular weight excluding hydrogens is 388 g/mol. The molecule has 0 fully saturated rings. The summed E-state index contributed by atoms with van der Waals surface area (Å²) < 4.78 is 5.10. The maximum atomic E-state index is 12.3. The molecule has 3 rings (SSSR count). The second kappa shape index (κ2) is 8.64. The minimum absolute atomic E-state index is 0.153. The van der Waals surface area contributed by atoms with E-state index in [1.54, 1.807) is 7.05 Å². The van der Waals surface area contributed by atoms with Crippen LogP contribution in [0.4, 0.5) is 5.69 Å². The topological polar surface area (TPSA) is 116 Å². The van der Waals surface area contributed by atoms with Crippen molar-refractivity contribution in [1.82, 2.24) is 14.9 Å². The van der Waals surface area contributed by atoms with Gasteiger partial charge in [-0.3, -0.25) is 14.4 Å². The molecule has 0 bridgehead atoms.